The normalized spacial score (nSPS) is 21.4. The van der Waals surface area contributed by atoms with E-state index in [1.165, 1.54) is 0 Å². The molecular formula is C15H19ClN2O3. The second-order valence-corrected chi connectivity index (χ2v) is 6.17. The summed E-state index contributed by atoms with van der Waals surface area (Å²) < 4.78 is 0. The Morgan fingerprint density at radius 3 is 2.67 bits per heavy atom. The lowest BCUT2D eigenvalue weighted by molar-refractivity contribution is -0.147. The molecule has 1 atom stereocenters. The maximum Gasteiger partial charge on any atom is 0.320 e. The van der Waals surface area contributed by atoms with Gasteiger partial charge in [-0.05, 0) is 25.0 Å². The van der Waals surface area contributed by atoms with E-state index in [1.807, 2.05) is 18.2 Å². The average Bonchev–Trinajstić information content (AvgIpc) is 2.84. The summed E-state index contributed by atoms with van der Waals surface area (Å²) in [6.07, 6.45) is 0.480. The number of rotatable bonds is 3. The SMILES string of the molecule is CN(Cc1ccccc1Cl)C(=O)N1CCC(C)(C(=O)O)C1. The number of benzene rings is 1. The fraction of sp³-hybridized carbons (Fsp3) is 0.467. The Morgan fingerprint density at radius 1 is 1.43 bits per heavy atom. The topological polar surface area (TPSA) is 60.9 Å². The van der Waals surface area contributed by atoms with Gasteiger partial charge in [-0.2, -0.15) is 0 Å². The van der Waals surface area contributed by atoms with Gasteiger partial charge in [0.2, 0.25) is 0 Å². The molecule has 1 N–H and O–H groups in total. The first-order valence-corrected chi connectivity index (χ1v) is 7.18. The molecule has 2 rings (SSSR count). The van der Waals surface area contributed by atoms with Gasteiger partial charge in [0.1, 0.15) is 0 Å². The Morgan fingerprint density at radius 2 is 2.10 bits per heavy atom. The largest absolute Gasteiger partial charge is 0.481 e. The fourth-order valence-corrected chi connectivity index (χ4v) is 2.69. The van der Waals surface area contributed by atoms with Crippen LogP contribution < -0.4 is 0 Å². The van der Waals surface area contributed by atoms with Gasteiger partial charge in [-0.25, -0.2) is 4.79 Å². The average molecular weight is 311 g/mol. The summed E-state index contributed by atoms with van der Waals surface area (Å²) in [5.74, 6) is -0.855. The van der Waals surface area contributed by atoms with Crippen molar-refractivity contribution < 1.29 is 14.7 Å². The van der Waals surface area contributed by atoms with E-state index in [4.69, 9.17) is 11.6 Å². The number of carbonyl (C=O) groups is 2. The van der Waals surface area contributed by atoms with Gasteiger partial charge in [-0.15, -0.1) is 0 Å². The Hall–Kier alpha value is -1.75. The van der Waals surface area contributed by atoms with E-state index in [1.54, 1.807) is 29.8 Å². The van der Waals surface area contributed by atoms with E-state index in [9.17, 15) is 14.7 Å². The van der Waals surface area contributed by atoms with Crippen LogP contribution in [0.25, 0.3) is 0 Å². The van der Waals surface area contributed by atoms with Crippen molar-refractivity contribution in [2.75, 3.05) is 20.1 Å². The van der Waals surface area contributed by atoms with Gasteiger partial charge in [0.25, 0.3) is 0 Å². The first-order chi connectivity index (χ1) is 9.83. The lowest BCUT2D eigenvalue weighted by atomic mass is 9.90. The van der Waals surface area contributed by atoms with Crippen LogP contribution in [0, 0.1) is 5.41 Å². The maximum absolute atomic E-state index is 12.4. The van der Waals surface area contributed by atoms with Crippen LogP contribution in [0.3, 0.4) is 0 Å². The number of carboxylic acids is 1. The molecule has 0 spiro atoms. The monoisotopic (exact) mass is 310 g/mol. The summed E-state index contributed by atoms with van der Waals surface area (Å²) in [7, 11) is 1.70. The molecular weight excluding hydrogens is 292 g/mol. The van der Waals surface area contributed by atoms with Crippen LogP contribution in [0.15, 0.2) is 24.3 Å². The number of amides is 2. The van der Waals surface area contributed by atoms with Crippen molar-refractivity contribution in [2.24, 2.45) is 5.41 Å². The van der Waals surface area contributed by atoms with Gasteiger partial charge in [0.05, 0.1) is 5.41 Å². The second-order valence-electron chi connectivity index (χ2n) is 5.77. The van der Waals surface area contributed by atoms with Crippen molar-refractivity contribution in [1.82, 2.24) is 9.80 Å². The molecule has 1 saturated heterocycles. The van der Waals surface area contributed by atoms with Crippen LogP contribution in [0.2, 0.25) is 5.02 Å². The van der Waals surface area contributed by atoms with Gasteiger partial charge < -0.3 is 14.9 Å². The van der Waals surface area contributed by atoms with E-state index in [0.717, 1.165) is 5.56 Å². The quantitative estimate of drug-likeness (QED) is 0.933. The minimum Gasteiger partial charge on any atom is -0.481 e. The molecule has 1 heterocycles. The Labute approximate surface area is 129 Å². The van der Waals surface area contributed by atoms with Gasteiger partial charge >= 0.3 is 12.0 Å². The molecule has 0 aromatic heterocycles. The molecule has 114 valence electrons. The standard InChI is InChI=1S/C15H19ClN2O3/c1-15(13(19)20)7-8-18(10-15)14(21)17(2)9-11-5-3-4-6-12(11)16/h3-6H,7-10H2,1-2H3,(H,19,20). The molecule has 6 heteroatoms. The van der Waals surface area contributed by atoms with E-state index in [-0.39, 0.29) is 12.6 Å². The molecule has 1 aliphatic heterocycles. The molecule has 0 radical (unpaired) electrons. The zero-order valence-electron chi connectivity index (χ0n) is 12.2. The number of nitrogens with zero attached hydrogens (tertiary/aromatic N) is 2. The van der Waals surface area contributed by atoms with E-state index in [0.29, 0.717) is 24.5 Å². The van der Waals surface area contributed by atoms with Gasteiger partial charge in [-0.3, -0.25) is 4.79 Å². The number of halogens is 1. The lowest BCUT2D eigenvalue weighted by Crippen LogP contribution is -2.41. The lowest BCUT2D eigenvalue weighted by Gasteiger charge is -2.26. The van der Waals surface area contributed by atoms with Crippen molar-refractivity contribution in [3.8, 4) is 0 Å². The Kier molecular flexibility index (Phi) is 4.42. The van der Waals surface area contributed by atoms with Crippen molar-refractivity contribution in [2.45, 2.75) is 19.9 Å². The highest BCUT2D eigenvalue weighted by Gasteiger charge is 2.42. The zero-order chi connectivity index (χ0) is 15.6. The highest BCUT2D eigenvalue weighted by Crippen LogP contribution is 2.30. The summed E-state index contributed by atoms with van der Waals surface area (Å²) in [4.78, 5) is 26.8. The number of carbonyl (C=O) groups excluding carboxylic acids is 1. The zero-order valence-corrected chi connectivity index (χ0v) is 12.9. The Bertz CT molecular complexity index is 564. The number of carboxylic acid groups (broad SMARTS) is 1. The van der Waals surface area contributed by atoms with Gasteiger partial charge in [0, 0.05) is 31.7 Å². The Balaban J connectivity index is 2.01. The number of urea groups is 1. The minimum atomic E-state index is -0.855. The molecule has 1 aliphatic rings. The summed E-state index contributed by atoms with van der Waals surface area (Å²) in [6, 6.07) is 7.20. The van der Waals surface area contributed by atoms with E-state index in [2.05, 4.69) is 0 Å². The number of hydrogen-bond acceptors (Lipinski definition) is 2. The molecule has 1 aromatic carbocycles. The number of aliphatic carboxylic acids is 1. The van der Waals surface area contributed by atoms with Crippen molar-refractivity contribution in [3.05, 3.63) is 34.9 Å². The highest BCUT2D eigenvalue weighted by molar-refractivity contribution is 6.31. The summed E-state index contributed by atoms with van der Waals surface area (Å²) in [6.45, 7) is 2.79. The molecule has 5 nitrogen and oxygen atoms in total. The maximum atomic E-state index is 12.4. The first-order valence-electron chi connectivity index (χ1n) is 6.80. The van der Waals surface area contributed by atoms with Gasteiger partial charge in [-0.1, -0.05) is 29.8 Å². The fourth-order valence-electron chi connectivity index (χ4n) is 2.49. The molecule has 0 bridgehead atoms. The van der Waals surface area contributed by atoms with E-state index < -0.39 is 11.4 Å². The van der Waals surface area contributed by atoms with Crippen LogP contribution in [-0.2, 0) is 11.3 Å². The highest BCUT2D eigenvalue weighted by atomic mass is 35.5. The van der Waals surface area contributed by atoms with Crippen molar-refractivity contribution >= 4 is 23.6 Å². The molecule has 1 fully saturated rings. The second kappa shape index (κ2) is 5.93. The third-order valence-electron chi connectivity index (χ3n) is 3.95. The number of hydrogen-bond donors (Lipinski definition) is 1. The van der Waals surface area contributed by atoms with Gasteiger partial charge in [0.15, 0.2) is 0 Å². The number of likely N-dealkylation sites (tertiary alicyclic amines) is 1. The molecule has 0 aliphatic carbocycles. The summed E-state index contributed by atoms with van der Waals surface area (Å²) >= 11 is 6.09. The van der Waals surface area contributed by atoms with Crippen LogP contribution in [0.5, 0.6) is 0 Å². The molecule has 2 amide bonds. The summed E-state index contributed by atoms with van der Waals surface area (Å²) in [5.41, 5.74) is 0.0242. The third-order valence-corrected chi connectivity index (χ3v) is 4.32. The van der Waals surface area contributed by atoms with Crippen LogP contribution in [0.4, 0.5) is 4.79 Å². The minimum absolute atomic E-state index is 0.167. The van der Waals surface area contributed by atoms with Crippen molar-refractivity contribution in [1.29, 1.82) is 0 Å². The molecule has 1 aromatic rings. The van der Waals surface area contributed by atoms with Crippen LogP contribution in [0.1, 0.15) is 18.9 Å². The predicted molar refractivity (Wildman–Crippen MR) is 80.2 cm³/mol. The van der Waals surface area contributed by atoms with Crippen molar-refractivity contribution in [3.63, 3.8) is 0 Å². The first kappa shape index (κ1) is 15.6. The smallest absolute Gasteiger partial charge is 0.320 e. The third kappa shape index (κ3) is 3.29. The molecule has 21 heavy (non-hydrogen) atoms. The molecule has 0 saturated carbocycles. The van der Waals surface area contributed by atoms with Crippen LogP contribution in [-0.4, -0.2) is 47.0 Å². The van der Waals surface area contributed by atoms with Crippen LogP contribution >= 0.6 is 11.6 Å². The predicted octanol–water partition coefficient (Wildman–Crippen LogP) is 2.69. The molecule has 1 unspecified atom stereocenters. The van der Waals surface area contributed by atoms with E-state index >= 15 is 0 Å². The summed E-state index contributed by atoms with van der Waals surface area (Å²) in [5, 5.41) is 9.83.